The fraction of sp³-hybridized carbons (Fsp3) is 0.828. The van der Waals surface area contributed by atoms with Crippen LogP contribution in [0.5, 0.6) is 0 Å². The zero-order valence-corrected chi connectivity index (χ0v) is 23.2. The van der Waals surface area contributed by atoms with Crippen LogP contribution in [0, 0.1) is 35.5 Å². The van der Waals surface area contributed by atoms with Crippen LogP contribution < -0.4 is 0 Å². The molecule has 3 N–H and O–H groups in total. The summed E-state index contributed by atoms with van der Waals surface area (Å²) >= 11 is 0. The lowest BCUT2D eigenvalue weighted by Crippen LogP contribution is -2.47. The molecule has 1 fully saturated rings. The summed E-state index contributed by atoms with van der Waals surface area (Å²) in [4.78, 5) is 35.8. The molecule has 0 heterocycles. The average molecular weight is 525 g/mol. The number of carbonyl (C=O) groups excluding carboxylic acids is 2. The molecular formula is C29H48O8. The van der Waals surface area contributed by atoms with Gasteiger partial charge in [-0.1, -0.05) is 39.3 Å². The molecule has 212 valence electrons. The van der Waals surface area contributed by atoms with Crippen LogP contribution >= 0.6 is 0 Å². The van der Waals surface area contributed by atoms with Crippen molar-refractivity contribution in [3.05, 3.63) is 11.6 Å². The second kappa shape index (κ2) is 14.9. The third-order valence-corrected chi connectivity index (χ3v) is 8.30. The van der Waals surface area contributed by atoms with Crippen molar-refractivity contribution in [2.45, 2.75) is 111 Å². The van der Waals surface area contributed by atoms with Crippen LogP contribution in [0.3, 0.4) is 0 Å². The third kappa shape index (κ3) is 9.40. The second-order valence-corrected chi connectivity index (χ2v) is 11.3. The van der Waals surface area contributed by atoms with Gasteiger partial charge >= 0.3 is 17.9 Å². The Labute approximate surface area is 221 Å². The minimum atomic E-state index is -1.09. The van der Waals surface area contributed by atoms with Crippen LogP contribution in [0.15, 0.2) is 11.6 Å². The minimum Gasteiger partial charge on any atom is -0.481 e. The number of fused-ring (bicyclic) bond motifs is 1. The maximum Gasteiger partial charge on any atom is 0.308 e. The SMILES string of the molecule is CCOC(=O)CCC1=C[C@@H](C)[C@H](CC[C@@H](O)C[C@@H](O)CC(=O)O)[C@H]2[C@@H](OC(=O)C(C)CC)C[C@@H](C)C[C@H]12. The van der Waals surface area contributed by atoms with Gasteiger partial charge in [-0.2, -0.15) is 0 Å². The number of hydrogen-bond acceptors (Lipinski definition) is 7. The summed E-state index contributed by atoms with van der Waals surface area (Å²) in [5, 5.41) is 29.4. The van der Waals surface area contributed by atoms with Crippen molar-refractivity contribution in [2.24, 2.45) is 35.5 Å². The predicted molar refractivity (Wildman–Crippen MR) is 139 cm³/mol. The number of aliphatic hydroxyl groups excluding tert-OH is 2. The van der Waals surface area contributed by atoms with Gasteiger partial charge in [0.25, 0.3) is 0 Å². The van der Waals surface area contributed by atoms with Gasteiger partial charge in [-0.05, 0) is 75.5 Å². The zero-order valence-electron chi connectivity index (χ0n) is 23.2. The van der Waals surface area contributed by atoms with E-state index in [1.54, 1.807) is 6.92 Å². The summed E-state index contributed by atoms with van der Waals surface area (Å²) in [6.45, 7) is 10.3. The highest BCUT2D eigenvalue weighted by molar-refractivity contribution is 5.72. The van der Waals surface area contributed by atoms with E-state index in [1.807, 2.05) is 13.8 Å². The highest BCUT2D eigenvalue weighted by Crippen LogP contribution is 2.51. The average Bonchev–Trinajstić information content (AvgIpc) is 2.81. The van der Waals surface area contributed by atoms with Gasteiger partial charge in [0.2, 0.25) is 0 Å². The summed E-state index contributed by atoms with van der Waals surface area (Å²) in [6.07, 6.45) is 4.29. The van der Waals surface area contributed by atoms with E-state index in [2.05, 4.69) is 19.9 Å². The zero-order chi connectivity index (χ0) is 27.7. The molecule has 0 saturated heterocycles. The Bertz CT molecular complexity index is 793. The van der Waals surface area contributed by atoms with Gasteiger partial charge in [-0.25, -0.2) is 0 Å². The lowest BCUT2D eigenvalue weighted by molar-refractivity contribution is -0.164. The molecule has 8 nitrogen and oxygen atoms in total. The van der Waals surface area contributed by atoms with Crippen molar-refractivity contribution >= 4 is 17.9 Å². The van der Waals surface area contributed by atoms with Gasteiger partial charge in [-0.15, -0.1) is 0 Å². The molecule has 0 radical (unpaired) electrons. The quantitative estimate of drug-likeness (QED) is 0.224. The van der Waals surface area contributed by atoms with E-state index in [1.165, 1.54) is 5.57 Å². The Balaban J connectivity index is 2.25. The van der Waals surface area contributed by atoms with E-state index >= 15 is 0 Å². The Morgan fingerprint density at radius 3 is 2.43 bits per heavy atom. The highest BCUT2D eigenvalue weighted by Gasteiger charge is 2.47. The van der Waals surface area contributed by atoms with Crippen LogP contribution in [-0.4, -0.2) is 58.1 Å². The third-order valence-electron chi connectivity index (χ3n) is 8.30. The Morgan fingerprint density at radius 2 is 1.81 bits per heavy atom. The number of aliphatic hydroxyl groups is 2. The lowest BCUT2D eigenvalue weighted by Gasteiger charge is -2.50. The van der Waals surface area contributed by atoms with Crippen LogP contribution in [0.4, 0.5) is 0 Å². The first kappa shape index (κ1) is 31.3. The first-order valence-corrected chi connectivity index (χ1v) is 14.1. The molecular weight excluding hydrogens is 476 g/mol. The molecule has 2 aliphatic carbocycles. The molecule has 0 spiro atoms. The number of carbonyl (C=O) groups is 3. The predicted octanol–water partition coefficient (Wildman–Crippen LogP) is 4.51. The molecule has 8 heteroatoms. The van der Waals surface area contributed by atoms with E-state index in [0.717, 1.165) is 12.8 Å². The molecule has 0 aromatic heterocycles. The number of hydrogen-bond donors (Lipinski definition) is 3. The highest BCUT2D eigenvalue weighted by atomic mass is 16.5. The summed E-state index contributed by atoms with van der Waals surface area (Å²) in [6, 6.07) is 0. The smallest absolute Gasteiger partial charge is 0.308 e. The van der Waals surface area contributed by atoms with Crippen LogP contribution in [0.2, 0.25) is 0 Å². The van der Waals surface area contributed by atoms with E-state index < -0.39 is 18.2 Å². The van der Waals surface area contributed by atoms with Gasteiger partial charge < -0.3 is 24.8 Å². The summed E-state index contributed by atoms with van der Waals surface area (Å²) in [5.41, 5.74) is 1.23. The van der Waals surface area contributed by atoms with E-state index in [0.29, 0.717) is 44.6 Å². The van der Waals surface area contributed by atoms with Gasteiger partial charge in [0, 0.05) is 12.3 Å². The van der Waals surface area contributed by atoms with Gasteiger partial charge in [0.15, 0.2) is 0 Å². The molecule has 9 atom stereocenters. The Kier molecular flexibility index (Phi) is 12.6. The van der Waals surface area contributed by atoms with Crippen molar-refractivity contribution in [3.8, 4) is 0 Å². The van der Waals surface area contributed by atoms with Crippen molar-refractivity contribution < 1.29 is 39.2 Å². The number of allylic oxidation sites excluding steroid dienone is 2. The van der Waals surface area contributed by atoms with Crippen molar-refractivity contribution in [3.63, 3.8) is 0 Å². The monoisotopic (exact) mass is 524 g/mol. The fourth-order valence-corrected chi connectivity index (χ4v) is 6.27. The van der Waals surface area contributed by atoms with E-state index in [4.69, 9.17) is 14.6 Å². The summed E-state index contributed by atoms with van der Waals surface area (Å²) in [5.74, 6) is -0.697. The number of rotatable bonds is 14. The van der Waals surface area contributed by atoms with Gasteiger partial charge in [0.05, 0.1) is 31.2 Å². The number of aliphatic carboxylic acids is 1. The Hall–Kier alpha value is -1.93. The molecule has 0 aromatic carbocycles. The van der Waals surface area contributed by atoms with Crippen LogP contribution in [-0.2, 0) is 23.9 Å². The van der Waals surface area contributed by atoms with Crippen LogP contribution in [0.25, 0.3) is 0 Å². The first-order valence-electron chi connectivity index (χ1n) is 14.1. The first-order chi connectivity index (χ1) is 17.5. The molecule has 37 heavy (non-hydrogen) atoms. The fourth-order valence-electron chi connectivity index (χ4n) is 6.27. The normalized spacial score (nSPS) is 29.9. The van der Waals surface area contributed by atoms with Crippen molar-refractivity contribution in [1.29, 1.82) is 0 Å². The number of carboxylic acid groups (broad SMARTS) is 1. The number of carboxylic acids is 1. The number of ether oxygens (including phenoxy) is 2. The summed E-state index contributed by atoms with van der Waals surface area (Å²) in [7, 11) is 0. The Morgan fingerprint density at radius 1 is 1.11 bits per heavy atom. The van der Waals surface area contributed by atoms with Crippen molar-refractivity contribution in [1.82, 2.24) is 0 Å². The maximum atomic E-state index is 12.8. The summed E-state index contributed by atoms with van der Waals surface area (Å²) < 4.78 is 11.3. The lowest BCUT2D eigenvalue weighted by atomic mass is 9.57. The van der Waals surface area contributed by atoms with Gasteiger partial charge in [-0.3, -0.25) is 14.4 Å². The van der Waals surface area contributed by atoms with Crippen molar-refractivity contribution in [2.75, 3.05) is 6.61 Å². The molecule has 0 amide bonds. The molecule has 0 aromatic rings. The maximum absolute atomic E-state index is 12.8. The molecule has 0 bridgehead atoms. The second-order valence-electron chi connectivity index (χ2n) is 11.3. The molecule has 0 aliphatic heterocycles. The molecule has 1 unspecified atom stereocenters. The molecule has 2 aliphatic rings. The minimum absolute atomic E-state index is 0.0194. The van der Waals surface area contributed by atoms with Gasteiger partial charge in [0.1, 0.15) is 6.10 Å². The van der Waals surface area contributed by atoms with E-state index in [9.17, 15) is 24.6 Å². The van der Waals surface area contributed by atoms with Crippen LogP contribution in [0.1, 0.15) is 92.4 Å². The number of esters is 2. The standard InChI is InChI=1S/C29H48O8/c1-6-18(4)29(35)37-25-13-17(3)12-24-20(8-11-27(34)36-7-2)14-19(5)23(28(24)25)10-9-21(30)15-22(31)16-26(32)33/h14,17-19,21-25,28,30-31H,6-13,15-16H2,1-5H3,(H,32,33)/t17-,18?,19+,21+,22+,23-,24+,25-,28+/m0/s1. The topological polar surface area (TPSA) is 130 Å². The molecule has 2 rings (SSSR count). The van der Waals surface area contributed by atoms with E-state index in [-0.39, 0.29) is 60.5 Å². The molecule has 1 saturated carbocycles. The largest absolute Gasteiger partial charge is 0.481 e.